The fourth-order valence-corrected chi connectivity index (χ4v) is 2.19. The third-order valence-corrected chi connectivity index (χ3v) is 3.78. The van der Waals surface area contributed by atoms with Crippen LogP contribution in [-0.2, 0) is 0 Å². The Morgan fingerprint density at radius 3 is 2.69 bits per heavy atom. The van der Waals surface area contributed by atoms with Gasteiger partial charge in [0.15, 0.2) is 0 Å². The van der Waals surface area contributed by atoms with Crippen molar-refractivity contribution < 1.29 is 4.79 Å². The quantitative estimate of drug-likeness (QED) is 0.842. The lowest BCUT2D eigenvalue weighted by Crippen LogP contribution is -2.32. The summed E-state index contributed by atoms with van der Waals surface area (Å²) >= 11 is 9.20. The number of nitrogens with zero attached hydrogens (tertiary/aromatic N) is 1. The smallest absolute Gasteiger partial charge is 0.321 e. The Balaban J connectivity index is 2.02. The molecule has 1 aromatic carbocycles. The van der Waals surface area contributed by atoms with Crippen LogP contribution in [-0.4, -0.2) is 24.0 Å². The van der Waals surface area contributed by atoms with Gasteiger partial charge < -0.3 is 10.2 Å². The highest BCUT2D eigenvalue weighted by Crippen LogP contribution is 2.25. The molecule has 2 rings (SSSR count). The molecule has 5 heteroatoms. The van der Waals surface area contributed by atoms with Gasteiger partial charge in [-0.2, -0.15) is 0 Å². The number of halogens is 2. The second-order valence-corrected chi connectivity index (χ2v) is 5.01. The molecule has 86 valence electrons. The van der Waals surface area contributed by atoms with Crippen LogP contribution in [0.5, 0.6) is 0 Å². The number of carbonyl (C=O) groups is 1. The minimum absolute atomic E-state index is 0.0354. The summed E-state index contributed by atoms with van der Waals surface area (Å²) in [4.78, 5) is 13.6. The van der Waals surface area contributed by atoms with E-state index in [2.05, 4.69) is 21.2 Å². The molecule has 1 saturated heterocycles. The lowest BCUT2D eigenvalue weighted by molar-refractivity contribution is 0.222. The van der Waals surface area contributed by atoms with Crippen molar-refractivity contribution in [1.82, 2.24) is 4.90 Å². The summed E-state index contributed by atoms with van der Waals surface area (Å²) in [6, 6.07) is 5.31. The van der Waals surface area contributed by atoms with Crippen LogP contribution in [0.3, 0.4) is 0 Å². The zero-order valence-electron chi connectivity index (χ0n) is 8.67. The number of nitrogens with one attached hydrogen (secondary N) is 1. The number of rotatable bonds is 1. The molecule has 0 spiro atoms. The minimum atomic E-state index is -0.0354. The maximum Gasteiger partial charge on any atom is 0.321 e. The maximum atomic E-state index is 11.8. The summed E-state index contributed by atoms with van der Waals surface area (Å²) in [5.41, 5.74) is 0.758. The van der Waals surface area contributed by atoms with Crippen molar-refractivity contribution in [1.29, 1.82) is 0 Å². The normalized spacial score (nSPS) is 15.2. The number of benzene rings is 1. The molecule has 2 amide bonds. The minimum Gasteiger partial charge on any atom is -0.325 e. The van der Waals surface area contributed by atoms with E-state index >= 15 is 0 Å². The lowest BCUT2D eigenvalue weighted by Gasteiger charge is -2.16. The summed E-state index contributed by atoms with van der Waals surface area (Å²) in [7, 11) is 0. The summed E-state index contributed by atoms with van der Waals surface area (Å²) in [6.45, 7) is 1.70. The average molecular weight is 304 g/mol. The molecule has 1 fully saturated rings. The van der Waals surface area contributed by atoms with Gasteiger partial charge in [-0.3, -0.25) is 0 Å². The molecule has 0 unspecified atom stereocenters. The van der Waals surface area contributed by atoms with E-state index in [9.17, 15) is 4.79 Å². The van der Waals surface area contributed by atoms with Gasteiger partial charge >= 0.3 is 6.03 Å². The van der Waals surface area contributed by atoms with Crippen LogP contribution < -0.4 is 5.32 Å². The number of anilines is 1. The molecule has 0 atom stereocenters. The Hall–Kier alpha value is -0.740. The number of amides is 2. The number of likely N-dealkylation sites (tertiary alicyclic amines) is 1. The second-order valence-electron chi connectivity index (χ2n) is 3.75. The van der Waals surface area contributed by atoms with Gasteiger partial charge in [0.25, 0.3) is 0 Å². The molecular formula is C11H12BrClN2O. The van der Waals surface area contributed by atoms with E-state index in [-0.39, 0.29) is 6.03 Å². The Kier molecular flexibility index (Phi) is 3.71. The molecule has 16 heavy (non-hydrogen) atoms. The molecule has 1 heterocycles. The highest BCUT2D eigenvalue weighted by Gasteiger charge is 2.17. The fraction of sp³-hybridized carbons (Fsp3) is 0.364. The first-order valence-corrected chi connectivity index (χ1v) is 6.35. The predicted molar refractivity (Wildman–Crippen MR) is 69.0 cm³/mol. The molecule has 3 nitrogen and oxygen atoms in total. The van der Waals surface area contributed by atoms with Crippen LogP contribution in [0.25, 0.3) is 0 Å². The molecule has 0 radical (unpaired) electrons. The summed E-state index contributed by atoms with van der Waals surface area (Å²) in [5, 5.41) is 3.49. The van der Waals surface area contributed by atoms with E-state index in [1.54, 1.807) is 18.2 Å². The van der Waals surface area contributed by atoms with Crippen LogP contribution in [0.1, 0.15) is 12.8 Å². The largest absolute Gasteiger partial charge is 0.325 e. The Morgan fingerprint density at radius 1 is 1.38 bits per heavy atom. The van der Waals surface area contributed by atoms with Gasteiger partial charge in [0, 0.05) is 23.2 Å². The van der Waals surface area contributed by atoms with E-state index < -0.39 is 0 Å². The van der Waals surface area contributed by atoms with Gasteiger partial charge in [0.2, 0.25) is 0 Å². The first kappa shape index (κ1) is 11.7. The topological polar surface area (TPSA) is 32.3 Å². The first-order valence-electron chi connectivity index (χ1n) is 5.18. The number of carbonyl (C=O) groups excluding carboxylic acids is 1. The van der Waals surface area contributed by atoms with Gasteiger partial charge in [-0.25, -0.2) is 4.79 Å². The third kappa shape index (κ3) is 2.68. The molecule has 1 aromatic rings. The molecule has 0 aromatic heterocycles. The molecule has 1 aliphatic rings. The van der Waals surface area contributed by atoms with Crippen molar-refractivity contribution in [2.45, 2.75) is 12.8 Å². The van der Waals surface area contributed by atoms with E-state index in [0.29, 0.717) is 5.02 Å². The van der Waals surface area contributed by atoms with Crippen molar-refractivity contribution in [3.05, 3.63) is 27.7 Å². The average Bonchev–Trinajstić information content (AvgIpc) is 2.77. The summed E-state index contributed by atoms with van der Waals surface area (Å²) in [5.74, 6) is 0. The van der Waals surface area contributed by atoms with E-state index in [1.165, 1.54) is 0 Å². The van der Waals surface area contributed by atoms with Crippen LogP contribution in [0.2, 0.25) is 5.02 Å². The Morgan fingerprint density at radius 2 is 2.06 bits per heavy atom. The standard InChI is InChI=1S/C11H12BrClN2O/c12-9-7-8(3-4-10(9)13)14-11(16)15-5-1-2-6-15/h3-4,7H,1-2,5-6H2,(H,14,16). The number of hydrogen-bond acceptors (Lipinski definition) is 1. The monoisotopic (exact) mass is 302 g/mol. The van der Waals surface area contributed by atoms with Gasteiger partial charge in [0.05, 0.1) is 5.02 Å². The molecular weight excluding hydrogens is 291 g/mol. The van der Waals surface area contributed by atoms with Gasteiger partial charge in [-0.15, -0.1) is 0 Å². The second kappa shape index (κ2) is 5.06. The van der Waals surface area contributed by atoms with Crippen molar-refractivity contribution >= 4 is 39.2 Å². The van der Waals surface area contributed by atoms with Crippen LogP contribution >= 0.6 is 27.5 Å². The van der Waals surface area contributed by atoms with E-state index in [4.69, 9.17) is 11.6 Å². The Bertz CT molecular complexity index is 405. The van der Waals surface area contributed by atoms with Crippen LogP contribution in [0, 0.1) is 0 Å². The fourth-order valence-electron chi connectivity index (χ4n) is 1.70. The SMILES string of the molecule is O=C(Nc1ccc(Cl)c(Br)c1)N1CCCC1. The maximum absolute atomic E-state index is 11.8. The summed E-state index contributed by atoms with van der Waals surface area (Å²) in [6.07, 6.45) is 2.19. The number of hydrogen-bond donors (Lipinski definition) is 1. The number of urea groups is 1. The third-order valence-electron chi connectivity index (χ3n) is 2.56. The van der Waals surface area contributed by atoms with Gasteiger partial charge in [0.1, 0.15) is 0 Å². The zero-order valence-corrected chi connectivity index (χ0v) is 11.0. The summed E-state index contributed by atoms with van der Waals surface area (Å²) < 4.78 is 0.786. The van der Waals surface area contributed by atoms with Crippen LogP contribution in [0.15, 0.2) is 22.7 Å². The van der Waals surface area contributed by atoms with Gasteiger partial charge in [-0.05, 0) is 47.0 Å². The molecule has 1 aliphatic heterocycles. The molecule has 0 saturated carbocycles. The zero-order chi connectivity index (χ0) is 11.5. The molecule has 0 bridgehead atoms. The van der Waals surface area contributed by atoms with Crippen molar-refractivity contribution in [3.8, 4) is 0 Å². The predicted octanol–water partition coefficient (Wildman–Crippen LogP) is 3.73. The van der Waals surface area contributed by atoms with Crippen LogP contribution in [0.4, 0.5) is 10.5 Å². The highest BCUT2D eigenvalue weighted by atomic mass is 79.9. The van der Waals surface area contributed by atoms with Crippen molar-refractivity contribution in [3.63, 3.8) is 0 Å². The highest BCUT2D eigenvalue weighted by molar-refractivity contribution is 9.10. The molecule has 0 aliphatic carbocycles. The lowest BCUT2D eigenvalue weighted by atomic mass is 10.3. The van der Waals surface area contributed by atoms with Gasteiger partial charge in [-0.1, -0.05) is 11.6 Å². The van der Waals surface area contributed by atoms with E-state index in [0.717, 1.165) is 36.1 Å². The first-order chi connectivity index (χ1) is 7.66. The Labute approximate surface area is 108 Å². The van der Waals surface area contributed by atoms with Crippen molar-refractivity contribution in [2.75, 3.05) is 18.4 Å². The molecule has 1 N–H and O–H groups in total. The van der Waals surface area contributed by atoms with Crippen molar-refractivity contribution in [2.24, 2.45) is 0 Å². The van der Waals surface area contributed by atoms with E-state index in [1.807, 2.05) is 4.90 Å².